The van der Waals surface area contributed by atoms with Crippen molar-refractivity contribution >= 4 is 23.7 Å². The molecule has 132 valence electrons. The number of fused-ring (bicyclic) bond motifs is 1. The fraction of sp³-hybridized carbons (Fsp3) is 0.190. The molecule has 3 rings (SSSR count). The van der Waals surface area contributed by atoms with Crippen LogP contribution in [0.2, 0.25) is 0 Å². The molecular formula is C21H19NO4. The van der Waals surface area contributed by atoms with Crippen molar-refractivity contribution < 1.29 is 19.1 Å². The summed E-state index contributed by atoms with van der Waals surface area (Å²) >= 11 is 0. The van der Waals surface area contributed by atoms with Crippen molar-refractivity contribution in [1.82, 2.24) is 4.90 Å². The smallest absolute Gasteiger partial charge is 0.308 e. The van der Waals surface area contributed by atoms with Gasteiger partial charge in [-0.05, 0) is 17.2 Å². The number of Topliss-reactive ketones (excluding diaryl/α,β-unsaturated/α-hetero) is 1. The van der Waals surface area contributed by atoms with Crippen molar-refractivity contribution in [2.24, 2.45) is 0 Å². The monoisotopic (exact) mass is 349 g/mol. The molecule has 1 aliphatic heterocycles. The van der Waals surface area contributed by atoms with Crippen molar-refractivity contribution in [2.45, 2.75) is 19.4 Å². The molecule has 0 bridgehead atoms. The summed E-state index contributed by atoms with van der Waals surface area (Å²) in [7, 11) is 0. The second kappa shape index (κ2) is 7.78. The number of esters is 1. The summed E-state index contributed by atoms with van der Waals surface area (Å²) in [5.41, 5.74) is 2.34. The van der Waals surface area contributed by atoms with Crippen LogP contribution < -0.4 is 0 Å². The number of rotatable bonds is 5. The molecule has 1 aliphatic rings. The van der Waals surface area contributed by atoms with Crippen LogP contribution in [-0.2, 0) is 14.3 Å². The van der Waals surface area contributed by atoms with Gasteiger partial charge in [-0.1, -0.05) is 54.6 Å². The molecule has 2 aromatic carbocycles. The molecule has 26 heavy (non-hydrogen) atoms. The van der Waals surface area contributed by atoms with E-state index in [0.717, 1.165) is 11.1 Å². The Morgan fingerprint density at radius 2 is 1.69 bits per heavy atom. The Bertz CT molecular complexity index is 857. The van der Waals surface area contributed by atoms with Gasteiger partial charge in [0, 0.05) is 18.7 Å². The number of ether oxygens (including phenoxy) is 1. The Labute approximate surface area is 151 Å². The lowest BCUT2D eigenvalue weighted by atomic mass is 9.94. The molecule has 0 aromatic heterocycles. The first-order valence-corrected chi connectivity index (χ1v) is 8.36. The number of hydrogen-bond acceptors (Lipinski definition) is 4. The third kappa shape index (κ3) is 3.88. The first-order chi connectivity index (χ1) is 12.6. The molecule has 0 aliphatic carbocycles. The fourth-order valence-corrected chi connectivity index (χ4v) is 2.98. The van der Waals surface area contributed by atoms with E-state index < -0.39 is 12.0 Å². The lowest BCUT2D eigenvalue weighted by Gasteiger charge is -2.32. The highest BCUT2D eigenvalue weighted by Crippen LogP contribution is 2.33. The van der Waals surface area contributed by atoms with Crippen molar-refractivity contribution in [3.05, 3.63) is 77.5 Å². The number of ketones is 1. The van der Waals surface area contributed by atoms with Gasteiger partial charge in [-0.2, -0.15) is 0 Å². The molecule has 2 aromatic rings. The van der Waals surface area contributed by atoms with Crippen LogP contribution >= 0.6 is 0 Å². The van der Waals surface area contributed by atoms with Crippen LogP contribution in [0.4, 0.5) is 0 Å². The Morgan fingerprint density at radius 3 is 2.42 bits per heavy atom. The molecule has 5 heteroatoms. The van der Waals surface area contributed by atoms with Crippen LogP contribution in [0.3, 0.4) is 0 Å². The minimum atomic E-state index is -0.518. The SMILES string of the molecule is CC(=O)N1C=Cc2ccccc2[C@H]1CC(=O)OCC(=O)c1ccccc1. The fourth-order valence-electron chi connectivity index (χ4n) is 2.98. The van der Waals surface area contributed by atoms with Crippen molar-refractivity contribution in [3.8, 4) is 0 Å². The zero-order valence-corrected chi connectivity index (χ0v) is 14.4. The van der Waals surface area contributed by atoms with Gasteiger partial charge in [0.05, 0.1) is 12.5 Å². The summed E-state index contributed by atoms with van der Waals surface area (Å²) in [6, 6.07) is 15.8. The van der Waals surface area contributed by atoms with Crippen LogP contribution in [0.25, 0.3) is 6.08 Å². The van der Waals surface area contributed by atoms with Gasteiger partial charge in [0.1, 0.15) is 0 Å². The van der Waals surface area contributed by atoms with E-state index >= 15 is 0 Å². The maximum atomic E-state index is 12.3. The van der Waals surface area contributed by atoms with Gasteiger partial charge >= 0.3 is 5.97 Å². The maximum absolute atomic E-state index is 12.3. The number of carbonyl (C=O) groups excluding carboxylic acids is 3. The summed E-state index contributed by atoms with van der Waals surface area (Å²) in [5.74, 6) is -0.934. The molecule has 0 saturated carbocycles. The van der Waals surface area contributed by atoms with Gasteiger partial charge < -0.3 is 9.64 Å². The molecule has 5 nitrogen and oxygen atoms in total. The number of benzene rings is 2. The molecule has 0 N–H and O–H groups in total. The van der Waals surface area contributed by atoms with E-state index in [2.05, 4.69) is 0 Å². The van der Waals surface area contributed by atoms with E-state index in [0.29, 0.717) is 5.56 Å². The summed E-state index contributed by atoms with van der Waals surface area (Å²) < 4.78 is 5.15. The molecule has 1 amide bonds. The van der Waals surface area contributed by atoms with Gasteiger partial charge in [0.15, 0.2) is 12.4 Å². The molecule has 1 heterocycles. The first-order valence-electron chi connectivity index (χ1n) is 8.36. The number of amides is 1. The lowest BCUT2D eigenvalue weighted by Crippen LogP contribution is -2.32. The molecule has 0 spiro atoms. The standard InChI is InChI=1S/C21H19NO4/c1-15(23)22-12-11-16-7-5-6-10-18(16)19(22)13-21(25)26-14-20(24)17-8-3-2-4-9-17/h2-12,19H,13-14H2,1H3/t19-/m1/s1. The Kier molecular flexibility index (Phi) is 5.27. The molecule has 0 radical (unpaired) electrons. The number of nitrogens with zero attached hydrogens (tertiary/aromatic N) is 1. The second-order valence-corrected chi connectivity index (χ2v) is 6.04. The summed E-state index contributed by atoms with van der Waals surface area (Å²) in [5, 5.41) is 0. The van der Waals surface area contributed by atoms with Crippen LogP contribution in [0, 0.1) is 0 Å². The van der Waals surface area contributed by atoms with Crippen molar-refractivity contribution in [3.63, 3.8) is 0 Å². The normalized spacial score (nSPS) is 15.3. The molecule has 0 fully saturated rings. The van der Waals surface area contributed by atoms with Crippen LogP contribution in [0.1, 0.15) is 40.9 Å². The molecule has 0 saturated heterocycles. The van der Waals surface area contributed by atoms with E-state index in [1.807, 2.05) is 36.4 Å². The summed E-state index contributed by atoms with van der Waals surface area (Å²) in [4.78, 5) is 37.8. The van der Waals surface area contributed by atoms with E-state index in [1.54, 1.807) is 30.5 Å². The third-order valence-corrected chi connectivity index (χ3v) is 4.29. The first kappa shape index (κ1) is 17.6. The van der Waals surface area contributed by atoms with Gasteiger partial charge in [-0.3, -0.25) is 14.4 Å². The van der Waals surface area contributed by atoms with Crippen LogP contribution in [0.15, 0.2) is 60.8 Å². The molecular weight excluding hydrogens is 330 g/mol. The van der Waals surface area contributed by atoms with Crippen LogP contribution in [-0.4, -0.2) is 29.2 Å². The largest absolute Gasteiger partial charge is 0.457 e. The Morgan fingerprint density at radius 1 is 1.00 bits per heavy atom. The zero-order chi connectivity index (χ0) is 18.5. The highest BCUT2D eigenvalue weighted by Gasteiger charge is 2.28. The highest BCUT2D eigenvalue weighted by molar-refractivity contribution is 5.97. The Hall–Kier alpha value is -3.21. The van der Waals surface area contributed by atoms with Gasteiger partial charge in [0.2, 0.25) is 5.91 Å². The van der Waals surface area contributed by atoms with E-state index in [9.17, 15) is 14.4 Å². The zero-order valence-electron chi connectivity index (χ0n) is 14.4. The van der Waals surface area contributed by atoms with Gasteiger partial charge in [0.25, 0.3) is 0 Å². The van der Waals surface area contributed by atoms with E-state index in [-0.39, 0.29) is 24.7 Å². The highest BCUT2D eigenvalue weighted by atomic mass is 16.5. The maximum Gasteiger partial charge on any atom is 0.308 e. The molecule has 0 unspecified atom stereocenters. The minimum Gasteiger partial charge on any atom is -0.457 e. The average Bonchev–Trinajstić information content (AvgIpc) is 2.66. The van der Waals surface area contributed by atoms with Gasteiger partial charge in [-0.25, -0.2) is 0 Å². The van der Waals surface area contributed by atoms with Crippen molar-refractivity contribution in [1.29, 1.82) is 0 Å². The number of carbonyl (C=O) groups is 3. The topological polar surface area (TPSA) is 63.7 Å². The Balaban J connectivity index is 1.68. The number of hydrogen-bond donors (Lipinski definition) is 0. The average molecular weight is 349 g/mol. The predicted molar refractivity (Wildman–Crippen MR) is 97.1 cm³/mol. The summed E-state index contributed by atoms with van der Waals surface area (Å²) in [6.07, 6.45) is 3.51. The molecule has 1 atom stereocenters. The van der Waals surface area contributed by atoms with Crippen molar-refractivity contribution in [2.75, 3.05) is 6.61 Å². The van der Waals surface area contributed by atoms with Crippen LogP contribution in [0.5, 0.6) is 0 Å². The second-order valence-electron chi connectivity index (χ2n) is 6.04. The lowest BCUT2D eigenvalue weighted by molar-refractivity contribution is -0.144. The summed E-state index contributed by atoms with van der Waals surface area (Å²) in [6.45, 7) is 1.14. The predicted octanol–water partition coefficient (Wildman–Crippen LogP) is 3.38. The third-order valence-electron chi connectivity index (χ3n) is 4.29. The van der Waals surface area contributed by atoms with E-state index in [1.165, 1.54) is 11.8 Å². The van der Waals surface area contributed by atoms with Gasteiger partial charge in [-0.15, -0.1) is 0 Å². The minimum absolute atomic E-state index is 0.0109. The quantitative estimate of drug-likeness (QED) is 0.613. The van der Waals surface area contributed by atoms with E-state index in [4.69, 9.17) is 4.74 Å².